The van der Waals surface area contributed by atoms with Crippen molar-refractivity contribution in [2.45, 2.75) is 43.7 Å². The molecule has 1 aromatic carbocycles. The summed E-state index contributed by atoms with van der Waals surface area (Å²) in [5.74, 6) is 0.931. The molecule has 3 atom stereocenters. The van der Waals surface area contributed by atoms with Gasteiger partial charge in [-0.2, -0.15) is 0 Å². The molecule has 1 heterocycles. The minimum atomic E-state index is 0.210. The van der Waals surface area contributed by atoms with Gasteiger partial charge in [-0.1, -0.05) is 33.6 Å². The molecular formula is C14H19BrO2. The van der Waals surface area contributed by atoms with E-state index in [1.165, 1.54) is 11.1 Å². The van der Waals surface area contributed by atoms with Gasteiger partial charge < -0.3 is 9.47 Å². The predicted molar refractivity (Wildman–Crippen MR) is 73.0 cm³/mol. The van der Waals surface area contributed by atoms with Crippen molar-refractivity contribution in [3.63, 3.8) is 0 Å². The Morgan fingerprint density at radius 3 is 2.76 bits per heavy atom. The molecule has 1 saturated heterocycles. The quantitative estimate of drug-likeness (QED) is 0.785. The van der Waals surface area contributed by atoms with Crippen LogP contribution in [0.3, 0.4) is 0 Å². The van der Waals surface area contributed by atoms with Gasteiger partial charge in [-0.15, -0.1) is 0 Å². The molecule has 94 valence electrons. The number of aryl methyl sites for hydroxylation is 1. The third kappa shape index (κ3) is 2.83. The molecule has 1 aliphatic heterocycles. The van der Waals surface area contributed by atoms with Gasteiger partial charge in [0.15, 0.2) is 0 Å². The van der Waals surface area contributed by atoms with E-state index in [1.807, 2.05) is 6.07 Å². The van der Waals surface area contributed by atoms with Crippen LogP contribution in [-0.2, 0) is 4.74 Å². The summed E-state index contributed by atoms with van der Waals surface area (Å²) in [6.07, 6.45) is 2.87. The van der Waals surface area contributed by atoms with Gasteiger partial charge in [-0.05, 0) is 32.8 Å². The Bertz CT molecular complexity index is 392. The zero-order valence-corrected chi connectivity index (χ0v) is 12.2. The van der Waals surface area contributed by atoms with Crippen LogP contribution < -0.4 is 4.74 Å². The van der Waals surface area contributed by atoms with Crippen molar-refractivity contribution in [1.29, 1.82) is 0 Å². The molecular weight excluding hydrogens is 280 g/mol. The van der Waals surface area contributed by atoms with Crippen molar-refractivity contribution in [1.82, 2.24) is 0 Å². The molecule has 0 aliphatic carbocycles. The van der Waals surface area contributed by atoms with E-state index >= 15 is 0 Å². The maximum Gasteiger partial charge on any atom is 0.123 e. The first kappa shape index (κ1) is 12.9. The summed E-state index contributed by atoms with van der Waals surface area (Å²) in [6, 6.07) is 6.27. The van der Waals surface area contributed by atoms with Gasteiger partial charge in [0.2, 0.25) is 0 Å². The van der Waals surface area contributed by atoms with Crippen LogP contribution in [0.5, 0.6) is 5.75 Å². The number of alkyl halides is 1. The second-order valence-electron chi connectivity index (χ2n) is 4.71. The van der Waals surface area contributed by atoms with Gasteiger partial charge in [0.1, 0.15) is 5.75 Å². The van der Waals surface area contributed by atoms with Crippen molar-refractivity contribution in [2.75, 3.05) is 7.11 Å². The van der Waals surface area contributed by atoms with Crippen LogP contribution in [-0.4, -0.2) is 19.3 Å². The maximum atomic E-state index is 5.91. The van der Waals surface area contributed by atoms with E-state index in [0.29, 0.717) is 6.10 Å². The first-order valence-electron chi connectivity index (χ1n) is 6.06. The molecule has 0 N–H and O–H groups in total. The lowest BCUT2D eigenvalue weighted by atomic mass is 10.0. The zero-order valence-electron chi connectivity index (χ0n) is 10.6. The van der Waals surface area contributed by atoms with Crippen LogP contribution in [0.2, 0.25) is 0 Å². The highest BCUT2D eigenvalue weighted by Gasteiger charge is 2.30. The van der Waals surface area contributed by atoms with Crippen molar-refractivity contribution in [3.8, 4) is 5.75 Å². The van der Waals surface area contributed by atoms with Crippen molar-refractivity contribution >= 4 is 15.9 Å². The Labute approximate surface area is 111 Å². The van der Waals surface area contributed by atoms with Gasteiger partial charge in [0.05, 0.1) is 24.1 Å². The van der Waals surface area contributed by atoms with Gasteiger partial charge >= 0.3 is 0 Å². The van der Waals surface area contributed by atoms with Crippen LogP contribution in [0.1, 0.15) is 35.7 Å². The average molecular weight is 299 g/mol. The van der Waals surface area contributed by atoms with E-state index in [-0.39, 0.29) is 10.9 Å². The molecule has 0 amide bonds. The van der Waals surface area contributed by atoms with Crippen LogP contribution in [0.4, 0.5) is 0 Å². The molecule has 2 nitrogen and oxygen atoms in total. The molecule has 3 heteroatoms. The highest BCUT2D eigenvalue weighted by Crippen LogP contribution is 2.40. The lowest BCUT2D eigenvalue weighted by Crippen LogP contribution is -2.15. The zero-order chi connectivity index (χ0) is 12.4. The van der Waals surface area contributed by atoms with Gasteiger partial charge in [-0.25, -0.2) is 0 Å². The molecule has 1 fully saturated rings. The van der Waals surface area contributed by atoms with Gasteiger partial charge in [-0.3, -0.25) is 0 Å². The smallest absolute Gasteiger partial charge is 0.123 e. The molecule has 3 unspecified atom stereocenters. The van der Waals surface area contributed by atoms with Gasteiger partial charge in [0, 0.05) is 5.56 Å². The van der Waals surface area contributed by atoms with Crippen molar-refractivity contribution < 1.29 is 9.47 Å². The number of methoxy groups -OCH3 is 1. The standard InChI is InChI=1S/C14H19BrO2/c1-9-4-6-12(16-3)11(8-9)14(15)13-7-5-10(2)17-13/h4,6,8,10,13-14H,5,7H2,1-3H3. The van der Waals surface area contributed by atoms with E-state index < -0.39 is 0 Å². The highest BCUT2D eigenvalue weighted by atomic mass is 79.9. The topological polar surface area (TPSA) is 18.5 Å². The largest absolute Gasteiger partial charge is 0.496 e. The number of ether oxygens (including phenoxy) is 2. The van der Waals surface area contributed by atoms with Crippen LogP contribution in [0.15, 0.2) is 18.2 Å². The minimum Gasteiger partial charge on any atom is -0.496 e. The fourth-order valence-corrected chi connectivity index (χ4v) is 3.07. The second kappa shape index (κ2) is 5.40. The normalized spacial score (nSPS) is 25.9. The van der Waals surface area contributed by atoms with Gasteiger partial charge in [0.25, 0.3) is 0 Å². The van der Waals surface area contributed by atoms with Crippen LogP contribution in [0.25, 0.3) is 0 Å². The highest BCUT2D eigenvalue weighted by molar-refractivity contribution is 9.09. The molecule has 1 aromatic rings. The molecule has 1 aliphatic rings. The fraction of sp³-hybridized carbons (Fsp3) is 0.571. The Morgan fingerprint density at radius 1 is 1.41 bits per heavy atom. The van der Waals surface area contributed by atoms with E-state index in [4.69, 9.17) is 9.47 Å². The molecule has 0 saturated carbocycles. The van der Waals surface area contributed by atoms with Crippen LogP contribution >= 0.6 is 15.9 Å². The number of hydrogen-bond donors (Lipinski definition) is 0. The summed E-state index contributed by atoms with van der Waals surface area (Å²) in [6.45, 7) is 4.23. The maximum absolute atomic E-state index is 5.91. The summed E-state index contributed by atoms with van der Waals surface area (Å²) in [5.41, 5.74) is 2.43. The first-order valence-corrected chi connectivity index (χ1v) is 6.97. The molecule has 0 aromatic heterocycles. The third-order valence-electron chi connectivity index (χ3n) is 3.27. The monoisotopic (exact) mass is 298 g/mol. The predicted octanol–water partition coefficient (Wildman–Crippen LogP) is 4.01. The number of hydrogen-bond acceptors (Lipinski definition) is 2. The molecule has 2 rings (SSSR count). The molecule has 0 bridgehead atoms. The lowest BCUT2D eigenvalue weighted by Gasteiger charge is -2.21. The molecule has 17 heavy (non-hydrogen) atoms. The van der Waals surface area contributed by atoms with Crippen molar-refractivity contribution in [2.24, 2.45) is 0 Å². The molecule has 0 spiro atoms. The Hall–Kier alpha value is -0.540. The summed E-state index contributed by atoms with van der Waals surface area (Å²) in [4.78, 5) is 0.210. The van der Waals surface area contributed by atoms with E-state index in [2.05, 4.69) is 41.9 Å². The van der Waals surface area contributed by atoms with E-state index in [9.17, 15) is 0 Å². The van der Waals surface area contributed by atoms with E-state index in [0.717, 1.165) is 18.6 Å². The Morgan fingerprint density at radius 2 is 2.18 bits per heavy atom. The van der Waals surface area contributed by atoms with Crippen LogP contribution in [0, 0.1) is 6.92 Å². The second-order valence-corrected chi connectivity index (χ2v) is 5.70. The SMILES string of the molecule is COc1ccc(C)cc1C(Br)C1CCC(C)O1. The summed E-state index contributed by atoms with van der Waals surface area (Å²) < 4.78 is 11.3. The Balaban J connectivity index is 2.23. The fourth-order valence-electron chi connectivity index (χ4n) is 2.32. The van der Waals surface area contributed by atoms with Crippen molar-refractivity contribution in [3.05, 3.63) is 29.3 Å². The number of benzene rings is 1. The van der Waals surface area contributed by atoms with E-state index in [1.54, 1.807) is 7.11 Å². The Kier molecular flexibility index (Phi) is 4.10. The first-order chi connectivity index (χ1) is 8.11. The summed E-state index contributed by atoms with van der Waals surface area (Å²) in [7, 11) is 1.71. The molecule has 0 radical (unpaired) electrons. The lowest BCUT2D eigenvalue weighted by molar-refractivity contribution is 0.0553. The summed E-state index contributed by atoms with van der Waals surface area (Å²) >= 11 is 3.76. The number of rotatable bonds is 3. The summed E-state index contributed by atoms with van der Waals surface area (Å²) in [5, 5.41) is 0. The third-order valence-corrected chi connectivity index (χ3v) is 4.36. The number of halogens is 1. The minimum absolute atomic E-state index is 0.210. The average Bonchev–Trinajstić information content (AvgIpc) is 2.75.